The molecule has 0 amide bonds. The van der Waals surface area contributed by atoms with Gasteiger partial charge >= 0.3 is 26.2 Å². The molecule has 0 radical (unpaired) electrons. The predicted octanol–water partition coefficient (Wildman–Crippen LogP) is 13.7. The van der Waals surface area contributed by atoms with Gasteiger partial charge < -0.3 is 14.9 Å². The molecule has 226 valence electrons. The Morgan fingerprint density at radius 3 is 1.33 bits per heavy atom. The molecular weight excluding hydrogens is 667 g/mol. The summed E-state index contributed by atoms with van der Waals surface area (Å²) in [6, 6.07) is 34.9. The van der Waals surface area contributed by atoms with Crippen LogP contribution in [-0.4, -0.2) is 0 Å². The molecule has 0 fully saturated rings. The minimum atomic E-state index is 0. The summed E-state index contributed by atoms with van der Waals surface area (Å²) in [5.41, 5.74) is 13.4. The normalized spacial score (nSPS) is 10.6. The Balaban J connectivity index is 0.000000335. The minimum absolute atomic E-state index is 0. The maximum atomic E-state index is 5.91. The van der Waals surface area contributed by atoms with Gasteiger partial charge in [0.1, 0.15) is 0 Å². The third kappa shape index (κ3) is 7.07. The van der Waals surface area contributed by atoms with E-state index in [-0.39, 0.29) is 41.1 Å². The van der Waals surface area contributed by atoms with Crippen molar-refractivity contribution in [2.45, 2.75) is 41.5 Å². The van der Waals surface area contributed by atoms with E-state index in [1.54, 1.807) is 0 Å². The summed E-state index contributed by atoms with van der Waals surface area (Å²) in [6.45, 7) is 13.3. The fraction of sp³-hybridized carbons (Fsp3) is 0.143. The summed E-state index contributed by atoms with van der Waals surface area (Å²) in [7, 11) is 0. The third-order valence-corrected chi connectivity index (χ3v) is 9.00. The number of fused-ring (bicyclic) bond motifs is 4. The maximum Gasteiger partial charge on any atom is 4.00 e. The molecular formula is C42H40Cl2Zr. The van der Waals surface area contributed by atoms with Gasteiger partial charge in [-0.05, 0) is 96.1 Å². The molecule has 0 saturated carbocycles. The molecule has 0 aromatic heterocycles. The van der Waals surface area contributed by atoms with Gasteiger partial charge in [0.15, 0.2) is 0 Å². The van der Waals surface area contributed by atoms with Gasteiger partial charge in [-0.3, -0.25) is 0 Å². The van der Waals surface area contributed by atoms with Gasteiger partial charge in [-0.15, -0.1) is 68.2 Å². The van der Waals surface area contributed by atoms with Crippen LogP contribution in [0.2, 0.25) is 10.0 Å². The van der Waals surface area contributed by atoms with Crippen molar-refractivity contribution >= 4 is 55.5 Å². The van der Waals surface area contributed by atoms with Crippen LogP contribution in [0.25, 0.3) is 54.6 Å². The Morgan fingerprint density at radius 1 is 0.489 bits per heavy atom. The molecule has 0 nitrogen and oxygen atoms in total. The van der Waals surface area contributed by atoms with Crippen molar-refractivity contribution in [3.63, 3.8) is 0 Å². The van der Waals surface area contributed by atoms with Crippen molar-refractivity contribution in [1.29, 1.82) is 0 Å². The second-order valence-corrected chi connectivity index (χ2v) is 12.5. The Hall–Kier alpha value is -2.96. The summed E-state index contributed by atoms with van der Waals surface area (Å²) in [5, 5.41) is 8.89. The monoisotopic (exact) mass is 704 g/mol. The zero-order chi connectivity index (χ0) is 29.7. The van der Waals surface area contributed by atoms with Crippen molar-refractivity contribution in [2.24, 2.45) is 0 Å². The van der Waals surface area contributed by atoms with Crippen LogP contribution in [0.4, 0.5) is 0 Å². The first-order valence-electron chi connectivity index (χ1n) is 14.4. The average Bonchev–Trinajstić information content (AvgIpc) is 3.56. The van der Waals surface area contributed by atoms with E-state index in [1.807, 2.05) is 30.3 Å². The molecule has 7 rings (SSSR count). The standard InChI is InChI=1S/C31H29.C9H5Cl2.2CH3.Zr/c1-18-11-20(3)30(21(4)12-18)26-9-7-24-15-25-8-10-27(17-29(25)28(24)16-26)31-22(5)13-19(2)14-23(31)6;10-8-4-5-9(11)7-3-1-2-6(7)8;;;/h7-17H,1-6H3;1-5H;2*1H3;/q4*-1;+4. The number of aryl methyl sites for hydroxylation is 6. The summed E-state index contributed by atoms with van der Waals surface area (Å²) in [4.78, 5) is 0. The van der Waals surface area contributed by atoms with Gasteiger partial charge in [0.2, 0.25) is 0 Å². The van der Waals surface area contributed by atoms with E-state index < -0.39 is 0 Å². The fourth-order valence-electron chi connectivity index (χ4n) is 6.74. The van der Waals surface area contributed by atoms with Crippen LogP contribution in [0.5, 0.6) is 0 Å². The average molecular weight is 707 g/mol. The number of benzene rings is 5. The zero-order valence-corrected chi connectivity index (χ0v) is 31.5. The molecule has 0 spiro atoms. The molecule has 0 heterocycles. The minimum Gasteiger partial charge on any atom is -0.358 e. The Morgan fingerprint density at radius 2 is 0.911 bits per heavy atom. The van der Waals surface area contributed by atoms with E-state index >= 15 is 0 Å². The SMILES string of the molecule is Cc1cc(C)c(-c2ccc3[cH-]c4ccc(-c5c(C)cc(C)cc5C)cc4c3c2)c(C)c1.Clc1ccc(Cl)c2[cH-]ccc12.[CH3-].[CH3-].[Zr+4]. The molecule has 0 aliphatic heterocycles. The van der Waals surface area contributed by atoms with E-state index in [0.29, 0.717) is 0 Å². The number of hydrogen-bond donors (Lipinski definition) is 0. The first kappa shape index (κ1) is 36.5. The topological polar surface area (TPSA) is 0 Å². The molecule has 0 unspecified atom stereocenters. The fourth-order valence-corrected chi connectivity index (χ4v) is 7.20. The first-order valence-corrected chi connectivity index (χ1v) is 15.2. The quantitative estimate of drug-likeness (QED) is 0.157. The molecule has 3 heteroatoms. The molecule has 45 heavy (non-hydrogen) atoms. The van der Waals surface area contributed by atoms with Crippen LogP contribution in [0.15, 0.2) is 97.1 Å². The van der Waals surface area contributed by atoms with Crippen molar-refractivity contribution in [1.82, 2.24) is 0 Å². The number of hydrogen-bond acceptors (Lipinski definition) is 0. The van der Waals surface area contributed by atoms with Crippen molar-refractivity contribution in [3.8, 4) is 22.3 Å². The molecule has 7 aromatic carbocycles. The van der Waals surface area contributed by atoms with Crippen LogP contribution < -0.4 is 0 Å². The largest absolute Gasteiger partial charge is 4.00 e. The van der Waals surface area contributed by atoms with Gasteiger partial charge in [-0.25, -0.2) is 0 Å². The van der Waals surface area contributed by atoms with Crippen LogP contribution in [0.3, 0.4) is 0 Å². The van der Waals surface area contributed by atoms with E-state index in [4.69, 9.17) is 23.2 Å². The predicted molar refractivity (Wildman–Crippen MR) is 199 cm³/mol. The molecule has 0 aliphatic rings. The van der Waals surface area contributed by atoms with Crippen molar-refractivity contribution in [3.05, 3.63) is 155 Å². The van der Waals surface area contributed by atoms with Gasteiger partial charge in [0.25, 0.3) is 0 Å². The van der Waals surface area contributed by atoms with E-state index in [2.05, 4.69) is 108 Å². The van der Waals surface area contributed by atoms with Crippen molar-refractivity contribution in [2.75, 3.05) is 0 Å². The van der Waals surface area contributed by atoms with Gasteiger partial charge in [0, 0.05) is 0 Å². The zero-order valence-electron chi connectivity index (χ0n) is 27.5. The van der Waals surface area contributed by atoms with Crippen LogP contribution in [-0.2, 0) is 26.2 Å². The van der Waals surface area contributed by atoms with Gasteiger partial charge in [0.05, 0.1) is 0 Å². The van der Waals surface area contributed by atoms with E-state index in [9.17, 15) is 0 Å². The van der Waals surface area contributed by atoms with Crippen LogP contribution in [0, 0.1) is 56.4 Å². The molecule has 0 saturated heterocycles. The first-order chi connectivity index (χ1) is 20.1. The maximum absolute atomic E-state index is 5.91. The van der Waals surface area contributed by atoms with Gasteiger partial charge in [-0.2, -0.15) is 12.1 Å². The van der Waals surface area contributed by atoms with Gasteiger partial charge in [-0.1, -0.05) is 83.4 Å². The Bertz CT molecular complexity index is 1930. The van der Waals surface area contributed by atoms with Crippen LogP contribution in [0.1, 0.15) is 33.4 Å². The molecule has 7 aromatic rings. The summed E-state index contributed by atoms with van der Waals surface area (Å²) < 4.78 is 0. The molecule has 0 atom stereocenters. The molecule has 0 aliphatic carbocycles. The van der Waals surface area contributed by atoms with E-state index in [1.165, 1.54) is 77.2 Å². The summed E-state index contributed by atoms with van der Waals surface area (Å²) in [5.74, 6) is 0. The summed E-state index contributed by atoms with van der Waals surface area (Å²) >= 11 is 11.8. The Kier molecular flexibility index (Phi) is 11.9. The second-order valence-electron chi connectivity index (χ2n) is 11.7. The Labute approximate surface area is 298 Å². The second kappa shape index (κ2) is 14.6. The summed E-state index contributed by atoms with van der Waals surface area (Å²) in [6.07, 6.45) is 0. The van der Waals surface area contributed by atoms with Crippen molar-refractivity contribution < 1.29 is 26.2 Å². The third-order valence-electron chi connectivity index (χ3n) is 8.35. The smallest absolute Gasteiger partial charge is 0.358 e. The van der Waals surface area contributed by atoms with Crippen LogP contribution >= 0.6 is 23.2 Å². The number of rotatable bonds is 2. The number of halogens is 2. The molecule has 0 bridgehead atoms. The molecule has 0 N–H and O–H groups in total. The van der Waals surface area contributed by atoms with E-state index in [0.717, 1.165) is 20.8 Å².